The van der Waals surface area contributed by atoms with Gasteiger partial charge in [0.15, 0.2) is 11.5 Å². The van der Waals surface area contributed by atoms with E-state index in [1.807, 2.05) is 0 Å². The molecule has 1 saturated heterocycles. The Bertz CT molecular complexity index is 1090. The molecule has 0 saturated carbocycles. The van der Waals surface area contributed by atoms with Gasteiger partial charge in [0.25, 0.3) is 5.91 Å². The Kier molecular flexibility index (Phi) is 5.97. The predicted octanol–water partition coefficient (Wildman–Crippen LogP) is 3.78. The zero-order valence-corrected chi connectivity index (χ0v) is 16.6. The van der Waals surface area contributed by atoms with Crippen molar-refractivity contribution in [3.8, 4) is 17.3 Å². The molecule has 4 rings (SSSR count). The second-order valence-corrected chi connectivity index (χ2v) is 7.11. The van der Waals surface area contributed by atoms with E-state index >= 15 is 0 Å². The summed E-state index contributed by atoms with van der Waals surface area (Å²) in [7, 11) is 0. The molecule has 3 aromatic rings. The Morgan fingerprint density at radius 2 is 1.84 bits per heavy atom. The molecule has 1 fully saturated rings. The number of likely N-dealkylation sites (tertiary alicyclic amines) is 1. The maximum Gasteiger partial charge on any atom is 0.434 e. The molecule has 32 heavy (non-hydrogen) atoms. The summed E-state index contributed by atoms with van der Waals surface area (Å²) in [5.74, 6) is -1.01. The van der Waals surface area contributed by atoms with E-state index in [1.54, 1.807) is 6.07 Å². The highest BCUT2D eigenvalue weighted by Crippen LogP contribution is 2.28. The molecular weight excluding hydrogens is 430 g/mol. The second kappa shape index (κ2) is 8.85. The summed E-state index contributed by atoms with van der Waals surface area (Å²) in [4.78, 5) is 29.8. The van der Waals surface area contributed by atoms with Crippen LogP contribution in [0.2, 0.25) is 0 Å². The number of aromatic nitrogens is 4. The van der Waals surface area contributed by atoms with Crippen molar-refractivity contribution in [1.29, 1.82) is 0 Å². The minimum Gasteiger partial charge on any atom is -0.471 e. The van der Waals surface area contributed by atoms with Crippen molar-refractivity contribution >= 4 is 5.91 Å². The van der Waals surface area contributed by atoms with E-state index in [1.165, 1.54) is 35.5 Å². The molecule has 0 bridgehead atoms. The first-order valence-electron chi connectivity index (χ1n) is 9.74. The van der Waals surface area contributed by atoms with Gasteiger partial charge in [0.2, 0.25) is 5.88 Å². The quantitative estimate of drug-likeness (QED) is 0.567. The smallest absolute Gasteiger partial charge is 0.434 e. The Labute approximate surface area is 180 Å². The first-order chi connectivity index (χ1) is 15.3. The fourth-order valence-electron chi connectivity index (χ4n) is 3.44. The lowest BCUT2D eigenvalue weighted by molar-refractivity contribution is -0.141. The molecule has 7 nitrogen and oxygen atoms in total. The molecule has 0 N–H and O–H groups in total. The molecule has 1 unspecified atom stereocenters. The van der Waals surface area contributed by atoms with Gasteiger partial charge in [0, 0.05) is 18.9 Å². The lowest BCUT2D eigenvalue weighted by atomic mass is 10.0. The third-order valence-corrected chi connectivity index (χ3v) is 4.90. The molecule has 1 amide bonds. The van der Waals surface area contributed by atoms with Crippen LogP contribution in [0.5, 0.6) is 5.88 Å². The van der Waals surface area contributed by atoms with Crippen LogP contribution in [0, 0.1) is 5.82 Å². The van der Waals surface area contributed by atoms with Gasteiger partial charge in [-0.2, -0.15) is 13.2 Å². The van der Waals surface area contributed by atoms with Crippen molar-refractivity contribution in [2.45, 2.75) is 25.1 Å². The lowest BCUT2D eigenvalue weighted by Crippen LogP contribution is -2.44. The Hall–Kier alpha value is -3.63. The number of hydrogen-bond acceptors (Lipinski definition) is 6. The third kappa shape index (κ3) is 4.66. The van der Waals surface area contributed by atoms with E-state index in [-0.39, 0.29) is 29.4 Å². The fraction of sp³-hybridized carbons (Fsp3) is 0.286. The van der Waals surface area contributed by atoms with Crippen LogP contribution in [-0.4, -0.2) is 49.9 Å². The summed E-state index contributed by atoms with van der Waals surface area (Å²) in [6.07, 6.45) is 0.494. The number of hydrogen-bond donors (Lipinski definition) is 0. The number of amides is 1. The predicted molar refractivity (Wildman–Crippen MR) is 104 cm³/mol. The van der Waals surface area contributed by atoms with Crippen LogP contribution in [0.1, 0.15) is 28.9 Å². The van der Waals surface area contributed by atoms with Gasteiger partial charge in [-0.15, -0.1) is 0 Å². The van der Waals surface area contributed by atoms with Crippen molar-refractivity contribution in [1.82, 2.24) is 24.8 Å². The summed E-state index contributed by atoms with van der Waals surface area (Å²) in [5.41, 5.74) is -0.993. The molecule has 1 aromatic carbocycles. The molecule has 0 radical (unpaired) electrons. The van der Waals surface area contributed by atoms with Gasteiger partial charge in [-0.05, 0) is 31.0 Å². The summed E-state index contributed by atoms with van der Waals surface area (Å²) in [5, 5.41) is 0. The zero-order valence-electron chi connectivity index (χ0n) is 16.6. The molecule has 1 atom stereocenters. The van der Waals surface area contributed by atoms with Crippen molar-refractivity contribution in [3.05, 3.63) is 66.1 Å². The van der Waals surface area contributed by atoms with E-state index in [0.29, 0.717) is 25.6 Å². The van der Waals surface area contributed by atoms with E-state index in [0.717, 1.165) is 6.20 Å². The van der Waals surface area contributed by atoms with Crippen LogP contribution in [0.3, 0.4) is 0 Å². The maximum atomic E-state index is 14.6. The van der Waals surface area contributed by atoms with Crippen molar-refractivity contribution in [2.24, 2.45) is 0 Å². The van der Waals surface area contributed by atoms with Gasteiger partial charge in [0.05, 0.1) is 30.1 Å². The monoisotopic (exact) mass is 447 g/mol. The van der Waals surface area contributed by atoms with Gasteiger partial charge in [-0.25, -0.2) is 24.3 Å². The number of piperidine rings is 1. The van der Waals surface area contributed by atoms with Crippen LogP contribution in [0.4, 0.5) is 17.6 Å². The standard InChI is InChI=1S/C21H17F4N5O2/c22-15-6-1-5-14(18(15)19-26-7-3-8-27-19)20(31)30-9-2-4-13(12-30)32-17-11-28-16(10-29-17)21(23,24)25/h1,3,5-8,10-11,13H,2,4,9,12H2. The van der Waals surface area contributed by atoms with Gasteiger partial charge < -0.3 is 9.64 Å². The molecule has 11 heteroatoms. The number of carbonyl (C=O) groups is 1. The first-order valence-corrected chi connectivity index (χ1v) is 9.74. The molecular formula is C21H17F4N5O2. The van der Waals surface area contributed by atoms with Crippen molar-refractivity contribution in [2.75, 3.05) is 13.1 Å². The Balaban J connectivity index is 1.51. The summed E-state index contributed by atoms with van der Waals surface area (Å²) >= 11 is 0. The SMILES string of the molecule is O=C(c1cccc(F)c1-c1ncccn1)N1CCCC(Oc2cnc(C(F)(F)F)cn2)C1. The summed E-state index contributed by atoms with van der Waals surface area (Å²) < 4.78 is 58.1. The highest BCUT2D eigenvalue weighted by atomic mass is 19.4. The summed E-state index contributed by atoms with van der Waals surface area (Å²) in [6.45, 7) is 0.579. The van der Waals surface area contributed by atoms with E-state index < -0.39 is 29.7 Å². The summed E-state index contributed by atoms with van der Waals surface area (Å²) in [6, 6.07) is 5.75. The molecule has 166 valence electrons. The van der Waals surface area contributed by atoms with Crippen LogP contribution in [0.25, 0.3) is 11.4 Å². The molecule has 1 aliphatic rings. The average molecular weight is 447 g/mol. The highest BCUT2D eigenvalue weighted by Gasteiger charge is 2.33. The molecule has 0 spiro atoms. The topological polar surface area (TPSA) is 81.1 Å². The number of halogens is 4. The minimum atomic E-state index is -4.59. The van der Waals surface area contributed by atoms with Crippen LogP contribution >= 0.6 is 0 Å². The van der Waals surface area contributed by atoms with Crippen molar-refractivity contribution in [3.63, 3.8) is 0 Å². The van der Waals surface area contributed by atoms with Gasteiger partial charge in [-0.3, -0.25) is 4.79 Å². The third-order valence-electron chi connectivity index (χ3n) is 4.90. The van der Waals surface area contributed by atoms with Gasteiger partial charge in [0.1, 0.15) is 11.9 Å². The molecule has 1 aliphatic heterocycles. The van der Waals surface area contributed by atoms with E-state index in [4.69, 9.17) is 4.74 Å². The minimum absolute atomic E-state index is 0.00903. The average Bonchev–Trinajstić information content (AvgIpc) is 2.79. The van der Waals surface area contributed by atoms with Gasteiger partial charge >= 0.3 is 6.18 Å². The van der Waals surface area contributed by atoms with E-state index in [2.05, 4.69) is 19.9 Å². The maximum absolute atomic E-state index is 14.6. The highest BCUT2D eigenvalue weighted by molar-refractivity contribution is 6.00. The van der Waals surface area contributed by atoms with Crippen LogP contribution < -0.4 is 4.74 Å². The number of alkyl halides is 3. The van der Waals surface area contributed by atoms with Crippen LogP contribution in [-0.2, 0) is 6.18 Å². The second-order valence-electron chi connectivity index (χ2n) is 7.11. The van der Waals surface area contributed by atoms with Crippen molar-refractivity contribution < 1.29 is 27.1 Å². The lowest BCUT2D eigenvalue weighted by Gasteiger charge is -2.33. The number of rotatable bonds is 4. The Morgan fingerprint density at radius 3 is 2.53 bits per heavy atom. The number of nitrogens with zero attached hydrogens (tertiary/aromatic N) is 5. The molecule has 0 aliphatic carbocycles. The number of benzene rings is 1. The number of carbonyl (C=O) groups excluding carboxylic acids is 1. The largest absolute Gasteiger partial charge is 0.471 e. The van der Waals surface area contributed by atoms with E-state index in [9.17, 15) is 22.4 Å². The first kappa shape index (κ1) is 21.6. The molecule has 3 heterocycles. The molecule has 2 aromatic heterocycles. The van der Waals surface area contributed by atoms with Gasteiger partial charge in [-0.1, -0.05) is 6.07 Å². The zero-order chi connectivity index (χ0) is 22.7. The fourth-order valence-corrected chi connectivity index (χ4v) is 3.44. The van der Waals surface area contributed by atoms with Crippen LogP contribution in [0.15, 0.2) is 49.1 Å². The number of ether oxygens (including phenoxy) is 1. The normalized spacial score (nSPS) is 16.6. The Morgan fingerprint density at radius 1 is 1.06 bits per heavy atom.